The molecule has 1 aromatic carbocycles. The van der Waals surface area contributed by atoms with Crippen LogP contribution >= 0.6 is 11.6 Å². The summed E-state index contributed by atoms with van der Waals surface area (Å²) >= 11 is 5.73. The summed E-state index contributed by atoms with van der Waals surface area (Å²) in [7, 11) is 1.51. The maximum Gasteiger partial charge on any atom is 0.122 e. The molecule has 0 radical (unpaired) electrons. The van der Waals surface area contributed by atoms with Crippen LogP contribution in [0.5, 0.6) is 5.75 Å². The Kier molecular flexibility index (Phi) is 2.41. The average Bonchev–Trinajstić information content (AvgIpc) is 2.03. The summed E-state index contributed by atoms with van der Waals surface area (Å²) in [5.41, 5.74) is 6.15. The summed E-state index contributed by atoms with van der Waals surface area (Å²) in [4.78, 5) is 0. The minimum absolute atomic E-state index is 0.289. The van der Waals surface area contributed by atoms with Crippen molar-refractivity contribution in [3.8, 4) is 11.8 Å². The molecule has 0 aliphatic heterocycles. The minimum Gasteiger partial charge on any atom is -0.497 e. The summed E-state index contributed by atoms with van der Waals surface area (Å²) in [5.74, 6) is 0.552. The van der Waals surface area contributed by atoms with Gasteiger partial charge in [-0.25, -0.2) is 0 Å². The van der Waals surface area contributed by atoms with Crippen LogP contribution < -0.4 is 10.5 Å². The predicted molar refractivity (Wildman–Crippen MR) is 47.1 cm³/mol. The second kappa shape index (κ2) is 3.33. The van der Waals surface area contributed by atoms with Gasteiger partial charge in [-0.3, -0.25) is 0 Å². The first-order chi connectivity index (χ1) is 5.69. The van der Waals surface area contributed by atoms with E-state index >= 15 is 0 Å². The molecule has 0 saturated heterocycles. The van der Waals surface area contributed by atoms with Crippen LogP contribution in [0, 0.1) is 11.3 Å². The highest BCUT2D eigenvalue weighted by Crippen LogP contribution is 2.27. The number of ether oxygens (including phenoxy) is 1. The topological polar surface area (TPSA) is 59.0 Å². The van der Waals surface area contributed by atoms with Crippen molar-refractivity contribution >= 4 is 17.3 Å². The van der Waals surface area contributed by atoms with Gasteiger partial charge in [0.15, 0.2) is 0 Å². The van der Waals surface area contributed by atoms with E-state index in [9.17, 15) is 0 Å². The van der Waals surface area contributed by atoms with E-state index < -0.39 is 0 Å². The number of nitrogen functional groups attached to an aromatic ring is 1. The van der Waals surface area contributed by atoms with Crippen LogP contribution in [0.2, 0.25) is 5.02 Å². The molecule has 62 valence electrons. The highest BCUT2D eigenvalue weighted by atomic mass is 35.5. The monoisotopic (exact) mass is 182 g/mol. The molecule has 12 heavy (non-hydrogen) atoms. The number of nitriles is 1. The fourth-order valence-corrected chi connectivity index (χ4v) is 1.10. The standard InChI is InChI=1S/C8H7ClN2O/c1-12-5-2-7(9)6(4-10)8(11)3-5/h2-3H,11H2,1H3. The Bertz CT molecular complexity index is 320. The van der Waals surface area contributed by atoms with Crippen molar-refractivity contribution in [2.45, 2.75) is 0 Å². The van der Waals surface area contributed by atoms with Crippen LogP contribution in [0.15, 0.2) is 12.1 Å². The molecule has 2 N–H and O–H groups in total. The fraction of sp³-hybridized carbons (Fsp3) is 0.125. The first kappa shape index (κ1) is 8.69. The normalized spacial score (nSPS) is 9.08. The molecule has 0 unspecified atom stereocenters. The Hall–Kier alpha value is -1.40. The molecule has 0 saturated carbocycles. The number of nitrogens with zero attached hydrogens (tertiary/aromatic N) is 1. The summed E-state index contributed by atoms with van der Waals surface area (Å²) in [5, 5.41) is 8.92. The van der Waals surface area contributed by atoms with Gasteiger partial charge in [-0.15, -0.1) is 0 Å². The lowest BCUT2D eigenvalue weighted by Crippen LogP contribution is -1.93. The van der Waals surface area contributed by atoms with Crippen LogP contribution in [0.1, 0.15) is 5.56 Å². The lowest BCUT2D eigenvalue weighted by atomic mass is 10.2. The van der Waals surface area contributed by atoms with E-state index in [1.807, 2.05) is 6.07 Å². The number of nitrogens with two attached hydrogens (primary N) is 1. The number of methoxy groups -OCH3 is 1. The third kappa shape index (κ3) is 1.44. The van der Waals surface area contributed by atoms with Gasteiger partial charge in [-0.1, -0.05) is 11.6 Å². The SMILES string of the molecule is COc1cc(N)c(C#N)c(Cl)c1. The zero-order chi connectivity index (χ0) is 9.14. The van der Waals surface area contributed by atoms with Crippen molar-refractivity contribution in [2.75, 3.05) is 12.8 Å². The molecule has 0 atom stereocenters. The number of rotatable bonds is 1. The van der Waals surface area contributed by atoms with E-state index in [2.05, 4.69) is 0 Å². The molecule has 1 rings (SSSR count). The van der Waals surface area contributed by atoms with Crippen molar-refractivity contribution in [2.24, 2.45) is 0 Å². The van der Waals surface area contributed by atoms with E-state index in [4.69, 9.17) is 27.3 Å². The van der Waals surface area contributed by atoms with Gasteiger partial charge >= 0.3 is 0 Å². The molecule has 0 bridgehead atoms. The summed E-state index contributed by atoms with van der Waals surface area (Å²) < 4.78 is 4.90. The summed E-state index contributed by atoms with van der Waals surface area (Å²) in [6.45, 7) is 0. The fourth-order valence-electron chi connectivity index (χ4n) is 0.838. The van der Waals surface area contributed by atoms with Crippen LogP contribution in [-0.2, 0) is 0 Å². The number of halogens is 1. The molecule has 4 heteroatoms. The third-order valence-corrected chi connectivity index (χ3v) is 1.74. The summed E-state index contributed by atoms with van der Waals surface area (Å²) in [6.07, 6.45) is 0. The molecular weight excluding hydrogens is 176 g/mol. The van der Waals surface area contributed by atoms with Crippen molar-refractivity contribution in [1.82, 2.24) is 0 Å². The van der Waals surface area contributed by atoms with Crippen molar-refractivity contribution in [1.29, 1.82) is 5.26 Å². The first-order valence-corrected chi connectivity index (χ1v) is 3.60. The molecule has 0 spiro atoms. The van der Waals surface area contributed by atoms with Crippen LogP contribution in [0.25, 0.3) is 0 Å². The van der Waals surface area contributed by atoms with Gasteiger partial charge in [-0.2, -0.15) is 5.26 Å². The number of hydrogen-bond acceptors (Lipinski definition) is 3. The second-order valence-electron chi connectivity index (χ2n) is 2.19. The smallest absolute Gasteiger partial charge is 0.122 e. The maximum absolute atomic E-state index is 8.61. The molecule has 0 amide bonds. The maximum atomic E-state index is 8.61. The highest BCUT2D eigenvalue weighted by Gasteiger charge is 2.06. The van der Waals surface area contributed by atoms with E-state index in [0.717, 1.165) is 0 Å². The summed E-state index contributed by atoms with van der Waals surface area (Å²) in [6, 6.07) is 5.01. The van der Waals surface area contributed by atoms with Gasteiger partial charge in [0.05, 0.1) is 23.4 Å². The number of anilines is 1. The van der Waals surface area contributed by atoms with E-state index in [-0.39, 0.29) is 5.56 Å². The third-order valence-electron chi connectivity index (χ3n) is 1.44. The van der Waals surface area contributed by atoms with E-state index in [1.165, 1.54) is 7.11 Å². The first-order valence-electron chi connectivity index (χ1n) is 3.22. The lowest BCUT2D eigenvalue weighted by Gasteiger charge is -2.03. The Morgan fingerprint density at radius 1 is 1.58 bits per heavy atom. The largest absolute Gasteiger partial charge is 0.497 e. The van der Waals surface area contributed by atoms with Crippen molar-refractivity contribution < 1.29 is 4.74 Å². The second-order valence-corrected chi connectivity index (χ2v) is 2.59. The Morgan fingerprint density at radius 3 is 2.67 bits per heavy atom. The number of hydrogen-bond donors (Lipinski definition) is 1. The van der Waals surface area contributed by atoms with Gasteiger partial charge < -0.3 is 10.5 Å². The average molecular weight is 183 g/mol. The van der Waals surface area contributed by atoms with E-state index in [1.54, 1.807) is 12.1 Å². The molecule has 0 fully saturated rings. The lowest BCUT2D eigenvalue weighted by molar-refractivity contribution is 0.415. The van der Waals surface area contributed by atoms with Gasteiger partial charge in [0.2, 0.25) is 0 Å². The Labute approximate surface area is 75.3 Å². The highest BCUT2D eigenvalue weighted by molar-refractivity contribution is 6.32. The Morgan fingerprint density at radius 2 is 2.25 bits per heavy atom. The van der Waals surface area contributed by atoms with Crippen LogP contribution in [0.3, 0.4) is 0 Å². The molecule has 0 aromatic heterocycles. The van der Waals surface area contributed by atoms with E-state index in [0.29, 0.717) is 16.5 Å². The molecule has 3 nitrogen and oxygen atoms in total. The van der Waals surface area contributed by atoms with Gasteiger partial charge in [0, 0.05) is 12.1 Å². The molecular formula is C8H7ClN2O. The van der Waals surface area contributed by atoms with Crippen molar-refractivity contribution in [3.63, 3.8) is 0 Å². The zero-order valence-corrected chi connectivity index (χ0v) is 7.22. The minimum atomic E-state index is 0.289. The molecule has 0 aliphatic rings. The molecule has 0 heterocycles. The van der Waals surface area contributed by atoms with Crippen LogP contribution in [0.4, 0.5) is 5.69 Å². The van der Waals surface area contributed by atoms with Gasteiger partial charge in [0.25, 0.3) is 0 Å². The number of benzene rings is 1. The van der Waals surface area contributed by atoms with Crippen LogP contribution in [-0.4, -0.2) is 7.11 Å². The predicted octanol–water partition coefficient (Wildman–Crippen LogP) is 1.80. The zero-order valence-electron chi connectivity index (χ0n) is 6.47. The van der Waals surface area contributed by atoms with Crippen molar-refractivity contribution in [3.05, 3.63) is 22.7 Å². The molecule has 0 aliphatic carbocycles. The van der Waals surface area contributed by atoms with Gasteiger partial charge in [0.1, 0.15) is 11.8 Å². The quantitative estimate of drug-likeness (QED) is 0.674. The molecule has 1 aromatic rings. The van der Waals surface area contributed by atoms with Gasteiger partial charge in [-0.05, 0) is 0 Å². The Balaban J connectivity index is 3.30.